The van der Waals surface area contributed by atoms with Crippen LogP contribution < -0.4 is 11.5 Å². The monoisotopic (exact) mass is 443 g/mol. The quantitative estimate of drug-likeness (QED) is 0.499. The molecule has 2 heterocycles. The Kier molecular flexibility index (Phi) is 7.14. The lowest BCUT2D eigenvalue weighted by atomic mass is 9.85. The summed E-state index contributed by atoms with van der Waals surface area (Å²) in [5.74, 6) is -2.02. The van der Waals surface area contributed by atoms with E-state index in [1.165, 1.54) is 12.1 Å². The minimum absolute atomic E-state index is 0. The number of aromatic nitrogens is 1. The number of nitrogens with zero attached hydrogens (tertiary/aromatic N) is 2. The lowest BCUT2D eigenvalue weighted by Crippen LogP contribution is -2.38. The minimum atomic E-state index is -4.64. The Labute approximate surface area is 176 Å². The highest BCUT2D eigenvalue weighted by Gasteiger charge is 2.37. The molecular weight excluding hydrogens is 423 g/mol. The molecule has 0 saturated carbocycles. The number of carbonyl (C=O) groups excluding carboxylic acids is 2. The standard InChI is InChI=1S/C19H20F3N5O2.ClH/c20-19(21,22)14-10-12(16(28)26-18(23)24)3-4-13(14)11-5-8-27(9-6-11)17(29)15-2-1-7-25-15;/h1-4,7,10-11,25H,5-6,8-9H2,(H4,23,24,26,28);1H. The van der Waals surface area contributed by atoms with Crippen molar-refractivity contribution in [1.82, 2.24) is 9.88 Å². The van der Waals surface area contributed by atoms with Crippen LogP contribution in [-0.4, -0.2) is 40.7 Å². The number of aromatic amines is 1. The van der Waals surface area contributed by atoms with Crippen LogP contribution in [0.25, 0.3) is 0 Å². The molecule has 1 saturated heterocycles. The van der Waals surface area contributed by atoms with E-state index in [1.807, 2.05) is 0 Å². The molecule has 0 bridgehead atoms. The Bertz CT molecular complexity index is 932. The molecule has 1 fully saturated rings. The molecule has 2 aromatic rings. The van der Waals surface area contributed by atoms with Gasteiger partial charge in [-0.25, -0.2) is 0 Å². The van der Waals surface area contributed by atoms with Gasteiger partial charge in [-0.2, -0.15) is 18.2 Å². The summed E-state index contributed by atoms with van der Waals surface area (Å²) in [4.78, 5) is 32.0. The van der Waals surface area contributed by atoms with Gasteiger partial charge in [-0.05, 0) is 48.6 Å². The summed E-state index contributed by atoms with van der Waals surface area (Å²) < 4.78 is 40.9. The molecule has 0 radical (unpaired) electrons. The second-order valence-electron chi connectivity index (χ2n) is 6.79. The van der Waals surface area contributed by atoms with Crippen LogP contribution in [0.4, 0.5) is 13.2 Å². The van der Waals surface area contributed by atoms with Gasteiger partial charge in [-0.1, -0.05) is 6.07 Å². The Hall–Kier alpha value is -3.01. The molecular formula is C19H21ClF3N5O2. The van der Waals surface area contributed by atoms with E-state index in [0.29, 0.717) is 31.6 Å². The van der Waals surface area contributed by atoms with Crippen LogP contribution in [0.1, 0.15) is 50.7 Å². The fraction of sp³-hybridized carbons (Fsp3) is 0.316. The average molecular weight is 444 g/mol. The third kappa shape index (κ3) is 5.12. The summed E-state index contributed by atoms with van der Waals surface area (Å²) in [5, 5.41) is 0. The molecule has 0 atom stereocenters. The average Bonchev–Trinajstić information content (AvgIpc) is 3.20. The van der Waals surface area contributed by atoms with Gasteiger partial charge in [0.1, 0.15) is 5.69 Å². The number of halogens is 4. The Morgan fingerprint density at radius 1 is 1.13 bits per heavy atom. The zero-order valence-electron chi connectivity index (χ0n) is 15.8. The number of nitrogens with one attached hydrogen (secondary N) is 1. The summed E-state index contributed by atoms with van der Waals surface area (Å²) in [5.41, 5.74) is 9.67. The van der Waals surface area contributed by atoms with Crippen molar-refractivity contribution < 1.29 is 22.8 Å². The number of H-pyrrole nitrogens is 1. The number of nitrogens with two attached hydrogens (primary N) is 2. The van der Waals surface area contributed by atoms with Crippen molar-refractivity contribution in [2.24, 2.45) is 16.5 Å². The number of guanidine groups is 1. The molecule has 3 rings (SSSR count). The molecule has 5 N–H and O–H groups in total. The van der Waals surface area contributed by atoms with E-state index in [9.17, 15) is 22.8 Å². The fourth-order valence-corrected chi connectivity index (χ4v) is 3.50. The molecule has 0 aliphatic carbocycles. The number of benzene rings is 1. The van der Waals surface area contributed by atoms with Gasteiger partial charge in [0.2, 0.25) is 0 Å². The lowest BCUT2D eigenvalue weighted by molar-refractivity contribution is -0.138. The number of amides is 2. The summed E-state index contributed by atoms with van der Waals surface area (Å²) in [7, 11) is 0. The van der Waals surface area contributed by atoms with Crippen molar-refractivity contribution in [3.63, 3.8) is 0 Å². The zero-order chi connectivity index (χ0) is 21.2. The first-order valence-corrected chi connectivity index (χ1v) is 8.94. The van der Waals surface area contributed by atoms with E-state index < -0.39 is 23.6 Å². The molecule has 7 nitrogen and oxygen atoms in total. The maximum Gasteiger partial charge on any atom is 0.416 e. The van der Waals surface area contributed by atoms with Crippen LogP contribution in [0.5, 0.6) is 0 Å². The van der Waals surface area contributed by atoms with E-state index >= 15 is 0 Å². The van der Waals surface area contributed by atoms with E-state index in [0.717, 1.165) is 6.07 Å². The number of rotatable bonds is 3. The molecule has 1 aliphatic rings. The number of piperidine rings is 1. The molecule has 0 spiro atoms. The molecule has 1 aromatic heterocycles. The van der Waals surface area contributed by atoms with Gasteiger partial charge in [0.15, 0.2) is 5.96 Å². The molecule has 1 aromatic carbocycles. The van der Waals surface area contributed by atoms with Gasteiger partial charge in [-0.3, -0.25) is 9.59 Å². The van der Waals surface area contributed by atoms with Crippen molar-refractivity contribution in [3.8, 4) is 0 Å². The highest BCUT2D eigenvalue weighted by Crippen LogP contribution is 2.39. The van der Waals surface area contributed by atoms with Crippen LogP contribution >= 0.6 is 12.4 Å². The van der Waals surface area contributed by atoms with E-state index in [2.05, 4.69) is 9.98 Å². The van der Waals surface area contributed by atoms with Gasteiger partial charge in [0, 0.05) is 24.8 Å². The second kappa shape index (κ2) is 9.21. The third-order valence-electron chi connectivity index (χ3n) is 4.89. The summed E-state index contributed by atoms with van der Waals surface area (Å²) in [6.45, 7) is 0.684. The van der Waals surface area contributed by atoms with E-state index in [-0.39, 0.29) is 35.4 Å². The van der Waals surface area contributed by atoms with Crippen LogP contribution in [0.3, 0.4) is 0 Å². The number of hydrogen-bond acceptors (Lipinski definition) is 2. The maximum atomic E-state index is 13.6. The number of carbonyl (C=O) groups is 2. The SMILES string of the molecule is Cl.NC(N)=NC(=O)c1ccc(C2CCN(C(=O)c3ccc[nH]3)CC2)c(C(F)(F)F)c1. The molecule has 1 aliphatic heterocycles. The first kappa shape index (κ1) is 23.3. The van der Waals surface area contributed by atoms with Crippen LogP contribution in [0.15, 0.2) is 41.5 Å². The van der Waals surface area contributed by atoms with Gasteiger partial charge in [-0.15, -0.1) is 12.4 Å². The van der Waals surface area contributed by atoms with E-state index in [4.69, 9.17) is 11.5 Å². The van der Waals surface area contributed by atoms with Crippen molar-refractivity contribution in [2.75, 3.05) is 13.1 Å². The molecule has 0 unspecified atom stereocenters. The molecule has 30 heavy (non-hydrogen) atoms. The van der Waals surface area contributed by atoms with Gasteiger partial charge >= 0.3 is 6.18 Å². The topological polar surface area (TPSA) is 118 Å². The lowest BCUT2D eigenvalue weighted by Gasteiger charge is -2.33. The van der Waals surface area contributed by atoms with Crippen LogP contribution in [-0.2, 0) is 6.18 Å². The maximum absolute atomic E-state index is 13.6. The second-order valence-corrected chi connectivity index (χ2v) is 6.79. The van der Waals surface area contributed by atoms with Gasteiger partial charge < -0.3 is 21.4 Å². The first-order chi connectivity index (χ1) is 13.7. The van der Waals surface area contributed by atoms with Gasteiger partial charge in [0.25, 0.3) is 11.8 Å². The first-order valence-electron chi connectivity index (χ1n) is 8.94. The predicted molar refractivity (Wildman–Crippen MR) is 108 cm³/mol. The van der Waals surface area contributed by atoms with Crippen molar-refractivity contribution >= 4 is 30.2 Å². The Morgan fingerprint density at radius 3 is 2.33 bits per heavy atom. The molecule has 162 valence electrons. The van der Waals surface area contributed by atoms with Crippen molar-refractivity contribution in [3.05, 3.63) is 58.9 Å². The smallest absolute Gasteiger partial charge is 0.370 e. The van der Waals surface area contributed by atoms with E-state index in [1.54, 1.807) is 23.2 Å². The third-order valence-corrected chi connectivity index (χ3v) is 4.89. The highest BCUT2D eigenvalue weighted by molar-refractivity contribution is 6.02. The largest absolute Gasteiger partial charge is 0.416 e. The number of likely N-dealkylation sites (tertiary alicyclic amines) is 1. The summed E-state index contributed by atoms with van der Waals surface area (Å²) in [6, 6.07) is 6.73. The molecule has 11 heteroatoms. The van der Waals surface area contributed by atoms with Crippen molar-refractivity contribution in [1.29, 1.82) is 0 Å². The summed E-state index contributed by atoms with van der Waals surface area (Å²) in [6.07, 6.45) is -2.23. The summed E-state index contributed by atoms with van der Waals surface area (Å²) >= 11 is 0. The fourth-order valence-electron chi connectivity index (χ4n) is 3.50. The number of alkyl halides is 3. The predicted octanol–water partition coefficient (Wildman–Crippen LogP) is 2.89. The zero-order valence-corrected chi connectivity index (χ0v) is 16.6. The number of aliphatic imine (C=N–C) groups is 1. The Morgan fingerprint density at radius 2 is 1.80 bits per heavy atom. The minimum Gasteiger partial charge on any atom is -0.370 e. The Balaban J connectivity index is 0.00000320. The van der Waals surface area contributed by atoms with Crippen molar-refractivity contribution in [2.45, 2.75) is 24.9 Å². The van der Waals surface area contributed by atoms with Crippen LogP contribution in [0, 0.1) is 0 Å². The van der Waals surface area contributed by atoms with Crippen LogP contribution in [0.2, 0.25) is 0 Å². The number of hydrogen-bond donors (Lipinski definition) is 3. The molecule has 2 amide bonds. The normalized spacial score (nSPS) is 14.7. The van der Waals surface area contributed by atoms with Gasteiger partial charge in [0.05, 0.1) is 5.56 Å². The highest BCUT2D eigenvalue weighted by atomic mass is 35.5.